The number of nitrogens with zero attached hydrogens (tertiary/aromatic N) is 3. The summed E-state index contributed by atoms with van der Waals surface area (Å²) in [6.45, 7) is 6.36. The Bertz CT molecular complexity index is 1090. The molecule has 9 heteroatoms. The van der Waals surface area contributed by atoms with Gasteiger partial charge in [-0.1, -0.05) is 0 Å². The van der Waals surface area contributed by atoms with E-state index in [1.165, 1.54) is 18.5 Å². The first kappa shape index (κ1) is 22.0. The number of phenols is 1. The first-order chi connectivity index (χ1) is 15.6. The third kappa shape index (κ3) is 4.84. The summed E-state index contributed by atoms with van der Waals surface area (Å²) in [4.78, 5) is 10.9. The second-order valence-electron chi connectivity index (χ2n) is 7.59. The van der Waals surface area contributed by atoms with Crippen molar-refractivity contribution in [1.29, 1.82) is 0 Å². The predicted molar refractivity (Wildman–Crippen MR) is 120 cm³/mol. The fourth-order valence-electron chi connectivity index (χ4n) is 3.68. The number of rotatable bonds is 7. The molecule has 8 nitrogen and oxygen atoms in total. The van der Waals surface area contributed by atoms with E-state index in [1.54, 1.807) is 26.2 Å². The second-order valence-corrected chi connectivity index (χ2v) is 7.59. The molecule has 3 aromatic rings. The highest BCUT2D eigenvalue weighted by molar-refractivity contribution is 5.93. The van der Waals surface area contributed by atoms with Crippen LogP contribution < -0.4 is 14.8 Å². The monoisotopic (exact) mass is 442 g/mol. The molecule has 0 bridgehead atoms. The van der Waals surface area contributed by atoms with Crippen molar-refractivity contribution in [2.45, 2.75) is 13.3 Å². The van der Waals surface area contributed by atoms with Gasteiger partial charge < -0.3 is 24.6 Å². The molecule has 170 valence electrons. The zero-order valence-corrected chi connectivity index (χ0v) is 18.2. The van der Waals surface area contributed by atoms with E-state index in [-0.39, 0.29) is 11.4 Å². The van der Waals surface area contributed by atoms with Crippen molar-refractivity contribution < 1.29 is 23.7 Å². The molecule has 0 unspecified atom stereocenters. The smallest absolute Gasteiger partial charge is 0.163 e. The maximum atomic E-state index is 14.4. The zero-order chi connectivity index (χ0) is 22.5. The van der Waals surface area contributed by atoms with Gasteiger partial charge in [-0.05, 0) is 31.5 Å². The molecule has 1 fully saturated rings. The molecule has 1 saturated heterocycles. The highest BCUT2D eigenvalue weighted by atomic mass is 19.1. The summed E-state index contributed by atoms with van der Waals surface area (Å²) in [5.41, 5.74) is 1.17. The molecular weight excluding hydrogens is 415 g/mol. The number of halogens is 1. The molecule has 32 heavy (non-hydrogen) atoms. The fourth-order valence-corrected chi connectivity index (χ4v) is 3.68. The van der Waals surface area contributed by atoms with Gasteiger partial charge in [-0.15, -0.1) is 0 Å². The highest BCUT2D eigenvalue weighted by Gasteiger charge is 2.16. The summed E-state index contributed by atoms with van der Waals surface area (Å²) >= 11 is 0. The number of aromatic nitrogens is 2. The number of anilines is 2. The third-order valence-corrected chi connectivity index (χ3v) is 5.53. The van der Waals surface area contributed by atoms with Crippen molar-refractivity contribution in [3.05, 3.63) is 42.0 Å². The number of methoxy groups -OCH3 is 1. The van der Waals surface area contributed by atoms with E-state index >= 15 is 0 Å². The third-order valence-electron chi connectivity index (χ3n) is 5.53. The summed E-state index contributed by atoms with van der Waals surface area (Å²) in [7, 11) is 1.57. The summed E-state index contributed by atoms with van der Waals surface area (Å²) < 4.78 is 31.4. The number of hydrogen-bond acceptors (Lipinski definition) is 8. The van der Waals surface area contributed by atoms with E-state index in [0.29, 0.717) is 40.4 Å². The van der Waals surface area contributed by atoms with Gasteiger partial charge in [-0.2, -0.15) is 0 Å². The van der Waals surface area contributed by atoms with Crippen LogP contribution in [0.4, 0.5) is 15.9 Å². The second kappa shape index (κ2) is 9.97. The summed E-state index contributed by atoms with van der Waals surface area (Å²) in [6.07, 6.45) is 2.42. The van der Waals surface area contributed by atoms with Gasteiger partial charge >= 0.3 is 0 Å². The molecule has 0 aliphatic carbocycles. The fraction of sp³-hybridized carbons (Fsp3) is 0.391. The number of phenolic OH excluding ortho intramolecular Hbond substituents is 1. The number of ether oxygens (including phenoxy) is 3. The Labute approximate surface area is 185 Å². The van der Waals surface area contributed by atoms with Crippen LogP contribution in [0, 0.1) is 12.7 Å². The molecule has 0 radical (unpaired) electrons. The maximum absolute atomic E-state index is 14.4. The van der Waals surface area contributed by atoms with Gasteiger partial charge in [-0.3, -0.25) is 4.90 Å². The lowest BCUT2D eigenvalue weighted by atomic mass is 10.1. The molecule has 0 spiro atoms. The van der Waals surface area contributed by atoms with Crippen LogP contribution in [0.2, 0.25) is 0 Å². The van der Waals surface area contributed by atoms with Crippen molar-refractivity contribution in [1.82, 2.24) is 14.9 Å². The molecule has 2 N–H and O–H groups in total. The van der Waals surface area contributed by atoms with E-state index in [1.807, 2.05) is 0 Å². The van der Waals surface area contributed by atoms with Gasteiger partial charge in [0, 0.05) is 43.3 Å². The summed E-state index contributed by atoms with van der Waals surface area (Å²) in [5.74, 6) is 1.02. The van der Waals surface area contributed by atoms with Crippen LogP contribution in [0.25, 0.3) is 10.9 Å². The standard InChI is InChI=1S/C23H27FN4O4/c1-15-19(29)5-4-17(24)22(15)27-23-16-12-20(30-2)21(13-18(16)25-14-26-23)32-11-8-28-6-3-9-31-10-7-28/h4-5,12-14,29H,3,6-11H2,1-2H3,(H,25,26,27). The van der Waals surface area contributed by atoms with E-state index in [4.69, 9.17) is 14.2 Å². The molecule has 1 aromatic heterocycles. The number of benzene rings is 2. The van der Waals surface area contributed by atoms with E-state index in [0.717, 1.165) is 39.3 Å². The van der Waals surface area contributed by atoms with E-state index < -0.39 is 5.82 Å². The SMILES string of the molecule is COc1cc2c(Nc3c(F)ccc(O)c3C)ncnc2cc1OCCN1CCCOCC1. The Kier molecular flexibility index (Phi) is 6.87. The van der Waals surface area contributed by atoms with Crippen molar-refractivity contribution in [2.75, 3.05) is 51.9 Å². The molecular formula is C23H27FN4O4. The van der Waals surface area contributed by atoms with Crippen LogP contribution >= 0.6 is 0 Å². The molecule has 2 aromatic carbocycles. The number of aromatic hydroxyl groups is 1. The zero-order valence-electron chi connectivity index (χ0n) is 18.2. The first-order valence-corrected chi connectivity index (χ1v) is 10.6. The molecule has 0 saturated carbocycles. The average molecular weight is 442 g/mol. The van der Waals surface area contributed by atoms with Crippen LogP contribution in [-0.4, -0.2) is 66.5 Å². The predicted octanol–water partition coefficient (Wildman–Crippen LogP) is 3.64. The van der Waals surface area contributed by atoms with Crippen LogP contribution in [-0.2, 0) is 4.74 Å². The van der Waals surface area contributed by atoms with Gasteiger partial charge in [-0.25, -0.2) is 14.4 Å². The molecule has 1 aliphatic rings. The minimum absolute atomic E-state index is 0.00324. The number of fused-ring (bicyclic) bond motifs is 1. The van der Waals surface area contributed by atoms with Crippen LogP contribution in [0.3, 0.4) is 0 Å². The van der Waals surface area contributed by atoms with Gasteiger partial charge in [0.2, 0.25) is 0 Å². The maximum Gasteiger partial charge on any atom is 0.163 e. The van der Waals surface area contributed by atoms with Crippen LogP contribution in [0.5, 0.6) is 17.2 Å². The van der Waals surface area contributed by atoms with Crippen molar-refractivity contribution in [2.24, 2.45) is 0 Å². The van der Waals surface area contributed by atoms with Crippen LogP contribution in [0.1, 0.15) is 12.0 Å². The molecule has 0 amide bonds. The Morgan fingerprint density at radius 1 is 1.19 bits per heavy atom. The van der Waals surface area contributed by atoms with Gasteiger partial charge in [0.15, 0.2) is 11.5 Å². The minimum Gasteiger partial charge on any atom is -0.508 e. The van der Waals surface area contributed by atoms with Gasteiger partial charge in [0.1, 0.15) is 30.3 Å². The minimum atomic E-state index is -0.488. The van der Waals surface area contributed by atoms with Crippen molar-refractivity contribution in [3.8, 4) is 17.2 Å². The van der Waals surface area contributed by atoms with Gasteiger partial charge in [0.05, 0.1) is 24.9 Å². The molecule has 2 heterocycles. The lowest BCUT2D eigenvalue weighted by Gasteiger charge is -2.20. The molecule has 1 aliphatic heterocycles. The average Bonchev–Trinajstić information content (AvgIpc) is 3.08. The van der Waals surface area contributed by atoms with Crippen molar-refractivity contribution >= 4 is 22.4 Å². The summed E-state index contributed by atoms with van der Waals surface area (Å²) in [5, 5.41) is 13.6. The van der Waals surface area contributed by atoms with Crippen LogP contribution in [0.15, 0.2) is 30.6 Å². The van der Waals surface area contributed by atoms with E-state index in [9.17, 15) is 9.50 Å². The lowest BCUT2D eigenvalue weighted by molar-refractivity contribution is 0.137. The highest BCUT2D eigenvalue weighted by Crippen LogP contribution is 2.36. The van der Waals surface area contributed by atoms with Crippen molar-refractivity contribution in [3.63, 3.8) is 0 Å². The van der Waals surface area contributed by atoms with Gasteiger partial charge in [0.25, 0.3) is 0 Å². The number of hydrogen-bond donors (Lipinski definition) is 2. The Morgan fingerprint density at radius 2 is 2.06 bits per heavy atom. The largest absolute Gasteiger partial charge is 0.508 e. The topological polar surface area (TPSA) is 89.0 Å². The van der Waals surface area contributed by atoms with E-state index in [2.05, 4.69) is 20.2 Å². The number of nitrogens with one attached hydrogen (secondary N) is 1. The Hall–Kier alpha value is -3.17. The summed E-state index contributed by atoms with van der Waals surface area (Å²) in [6, 6.07) is 6.08. The molecule has 4 rings (SSSR count). The normalized spacial score (nSPS) is 14.8. The quantitative estimate of drug-likeness (QED) is 0.573. The molecule has 0 atom stereocenters. The first-order valence-electron chi connectivity index (χ1n) is 10.6. The Balaban J connectivity index is 1.56. The Morgan fingerprint density at radius 3 is 2.91 bits per heavy atom. The lowest BCUT2D eigenvalue weighted by Crippen LogP contribution is -2.30.